The molecule has 0 rings (SSSR count). The summed E-state index contributed by atoms with van der Waals surface area (Å²) in [6.45, 7) is 9.55. The van der Waals surface area contributed by atoms with Gasteiger partial charge in [-0.2, -0.15) is 0 Å². The average molecular weight is 1450 g/mol. The lowest BCUT2D eigenvalue weighted by Gasteiger charge is -2.21. The van der Waals surface area contributed by atoms with Crippen LogP contribution in [0.1, 0.15) is 395 Å². The molecule has 0 heterocycles. The fourth-order valence-corrected chi connectivity index (χ4v) is 13.4. The zero-order chi connectivity index (χ0) is 72.8. The van der Waals surface area contributed by atoms with Crippen LogP contribution in [-0.2, 0) is 65.4 Å². The van der Waals surface area contributed by atoms with Gasteiger partial charge in [0, 0.05) is 25.7 Å². The van der Waals surface area contributed by atoms with Crippen molar-refractivity contribution in [2.45, 2.75) is 413 Å². The van der Waals surface area contributed by atoms with Gasteiger partial charge in [-0.1, -0.05) is 342 Å². The molecule has 0 aliphatic carbocycles. The molecule has 0 aliphatic rings. The van der Waals surface area contributed by atoms with Gasteiger partial charge < -0.3 is 33.8 Å². The second-order valence-electron chi connectivity index (χ2n) is 28.8. The standard InChI is InChI=1S/C80H152O17P2/c1-7-10-12-14-16-18-20-22-24-25-26-27-29-31-33-38-46-52-58-64-79(84)96-75(68-90-77(82)62-56-50-44-37-32-30-28-23-21-19-17-15-13-11-8-2)70-94-98(86,87)92-66-74(81)67-93-99(88,89)95-71-76(69-91-78(83)63-57-51-45-41-40-43-49-55-61-73(6)9-3)97-80(85)65-59-53-47-39-35-34-36-42-48-54-60-72(4)5/h19,21,23,28,72-76,81H,7-18,20,22,24-27,29-71H2,1-6H3,(H,86,87)(H,88,89)/b21-19-,28-23-/t73?,74-,75-,76-/m1/s1. The number of aliphatic hydroxyl groups is 1. The highest BCUT2D eigenvalue weighted by atomic mass is 31.2. The fourth-order valence-electron chi connectivity index (χ4n) is 11.8. The molecule has 0 fully saturated rings. The summed E-state index contributed by atoms with van der Waals surface area (Å²) in [6, 6.07) is 0. The number of rotatable bonds is 77. The monoisotopic (exact) mass is 1450 g/mol. The Morgan fingerprint density at radius 2 is 0.596 bits per heavy atom. The Morgan fingerprint density at radius 3 is 0.909 bits per heavy atom. The van der Waals surface area contributed by atoms with E-state index in [1.807, 2.05) is 0 Å². The third-order valence-electron chi connectivity index (χ3n) is 18.4. The van der Waals surface area contributed by atoms with Crippen molar-refractivity contribution in [1.29, 1.82) is 0 Å². The summed E-state index contributed by atoms with van der Waals surface area (Å²) >= 11 is 0. The molecule has 0 aromatic heterocycles. The van der Waals surface area contributed by atoms with Crippen molar-refractivity contribution in [2.75, 3.05) is 39.6 Å². The number of carbonyl (C=O) groups excluding carboxylic acids is 4. The summed E-state index contributed by atoms with van der Waals surface area (Å²) in [4.78, 5) is 73.0. The Kier molecular flexibility index (Phi) is 69.4. The van der Waals surface area contributed by atoms with Crippen LogP contribution < -0.4 is 0 Å². The molecule has 0 saturated carbocycles. The second-order valence-corrected chi connectivity index (χ2v) is 31.7. The lowest BCUT2D eigenvalue weighted by molar-refractivity contribution is -0.161. The van der Waals surface area contributed by atoms with Gasteiger partial charge >= 0.3 is 39.5 Å². The van der Waals surface area contributed by atoms with Gasteiger partial charge in [0.05, 0.1) is 26.4 Å². The molecular formula is C80H152O17P2. The minimum Gasteiger partial charge on any atom is -0.462 e. The summed E-state index contributed by atoms with van der Waals surface area (Å²) in [5.74, 6) is -0.615. The number of carbonyl (C=O) groups is 4. The van der Waals surface area contributed by atoms with E-state index in [4.69, 9.17) is 37.0 Å². The largest absolute Gasteiger partial charge is 0.472 e. The van der Waals surface area contributed by atoms with Gasteiger partial charge in [-0.25, -0.2) is 9.13 Å². The van der Waals surface area contributed by atoms with Crippen LogP contribution >= 0.6 is 15.6 Å². The number of phosphoric acid groups is 2. The number of hydrogen-bond donors (Lipinski definition) is 3. The average Bonchev–Trinajstić information content (AvgIpc) is 0.975. The number of ether oxygens (including phenoxy) is 4. The van der Waals surface area contributed by atoms with Gasteiger partial charge in [-0.3, -0.25) is 37.3 Å². The first-order valence-electron chi connectivity index (χ1n) is 40.8. The van der Waals surface area contributed by atoms with Crippen molar-refractivity contribution in [3.05, 3.63) is 24.3 Å². The van der Waals surface area contributed by atoms with E-state index >= 15 is 0 Å². The molecule has 3 unspecified atom stereocenters. The first-order valence-corrected chi connectivity index (χ1v) is 43.8. The Balaban J connectivity index is 5.29. The van der Waals surface area contributed by atoms with Gasteiger partial charge in [-0.05, 0) is 63.2 Å². The molecule has 0 aromatic carbocycles. The molecule has 0 aliphatic heterocycles. The number of hydrogen-bond acceptors (Lipinski definition) is 15. The number of aliphatic hydroxyl groups excluding tert-OH is 1. The number of esters is 4. The Bertz CT molecular complexity index is 2000. The molecular weight excluding hydrogens is 1290 g/mol. The van der Waals surface area contributed by atoms with Gasteiger partial charge in [0.1, 0.15) is 19.3 Å². The first kappa shape index (κ1) is 96.5. The summed E-state index contributed by atoms with van der Waals surface area (Å²) in [5.41, 5.74) is 0. The molecule has 0 amide bonds. The molecule has 0 radical (unpaired) electrons. The van der Waals surface area contributed by atoms with Crippen molar-refractivity contribution in [1.82, 2.24) is 0 Å². The number of allylic oxidation sites excluding steroid dienone is 4. The van der Waals surface area contributed by atoms with Crippen LogP contribution in [0.4, 0.5) is 0 Å². The predicted octanol–water partition coefficient (Wildman–Crippen LogP) is 23.4. The van der Waals surface area contributed by atoms with Crippen LogP contribution in [0.3, 0.4) is 0 Å². The Hall–Kier alpha value is -2.46. The Labute approximate surface area is 605 Å². The van der Waals surface area contributed by atoms with Gasteiger partial charge in [-0.15, -0.1) is 0 Å². The highest BCUT2D eigenvalue weighted by molar-refractivity contribution is 7.47. The van der Waals surface area contributed by atoms with E-state index in [1.165, 1.54) is 193 Å². The molecule has 0 spiro atoms. The number of unbranched alkanes of at least 4 members (excludes halogenated alkanes) is 43. The van der Waals surface area contributed by atoms with E-state index in [9.17, 15) is 43.2 Å². The molecule has 584 valence electrons. The SMILES string of the molecule is CCCCCC/C=C\C=C/CCCCCCCC(=O)OC[C@H](COP(=O)(O)OC[C@@H](O)COP(=O)(O)OC[C@@H](COC(=O)CCCCCCCCCCC(C)CC)OC(=O)CCCCCCCCCCCCC(C)C)OC(=O)CCCCCCCCCCCCCCCCCCCCC. The van der Waals surface area contributed by atoms with E-state index < -0.39 is 97.5 Å². The smallest absolute Gasteiger partial charge is 0.462 e. The molecule has 99 heavy (non-hydrogen) atoms. The topological polar surface area (TPSA) is 237 Å². The van der Waals surface area contributed by atoms with Crippen molar-refractivity contribution in [2.24, 2.45) is 11.8 Å². The van der Waals surface area contributed by atoms with Crippen molar-refractivity contribution < 1.29 is 80.2 Å². The lowest BCUT2D eigenvalue weighted by atomic mass is 9.99. The van der Waals surface area contributed by atoms with E-state index in [0.29, 0.717) is 25.7 Å². The summed E-state index contributed by atoms with van der Waals surface area (Å²) in [6.07, 6.45) is 63.2. The number of phosphoric ester groups is 2. The zero-order valence-electron chi connectivity index (χ0n) is 64.3. The van der Waals surface area contributed by atoms with Crippen molar-refractivity contribution >= 4 is 39.5 Å². The minimum atomic E-state index is -4.97. The second kappa shape index (κ2) is 71.2. The van der Waals surface area contributed by atoms with Crippen LogP contribution in [-0.4, -0.2) is 96.7 Å². The Morgan fingerprint density at radius 1 is 0.333 bits per heavy atom. The van der Waals surface area contributed by atoms with Gasteiger partial charge in [0.15, 0.2) is 12.2 Å². The van der Waals surface area contributed by atoms with E-state index in [-0.39, 0.29) is 25.7 Å². The maximum absolute atomic E-state index is 13.1. The predicted molar refractivity (Wildman–Crippen MR) is 404 cm³/mol. The third kappa shape index (κ3) is 72.3. The van der Waals surface area contributed by atoms with E-state index in [2.05, 4.69) is 65.8 Å². The molecule has 3 N–H and O–H groups in total. The molecule has 17 nitrogen and oxygen atoms in total. The zero-order valence-corrected chi connectivity index (χ0v) is 66.1. The minimum absolute atomic E-state index is 0.102. The van der Waals surface area contributed by atoms with E-state index in [0.717, 1.165) is 121 Å². The molecule has 6 atom stereocenters. The van der Waals surface area contributed by atoms with E-state index in [1.54, 1.807) is 0 Å². The quantitative estimate of drug-likeness (QED) is 0.0169. The fraction of sp³-hybridized carbons (Fsp3) is 0.900. The van der Waals surface area contributed by atoms with Gasteiger partial charge in [0.25, 0.3) is 0 Å². The van der Waals surface area contributed by atoms with Crippen LogP contribution in [0.2, 0.25) is 0 Å². The summed E-state index contributed by atoms with van der Waals surface area (Å²) in [7, 11) is -9.93. The third-order valence-corrected chi connectivity index (χ3v) is 20.3. The normalized spacial score (nSPS) is 14.4. The maximum Gasteiger partial charge on any atom is 0.472 e. The summed E-state index contributed by atoms with van der Waals surface area (Å²) < 4.78 is 68.6. The van der Waals surface area contributed by atoms with Crippen molar-refractivity contribution in [3.8, 4) is 0 Å². The molecule has 19 heteroatoms. The van der Waals surface area contributed by atoms with Crippen LogP contribution in [0.25, 0.3) is 0 Å². The molecule has 0 bridgehead atoms. The van der Waals surface area contributed by atoms with Crippen molar-refractivity contribution in [3.63, 3.8) is 0 Å². The highest BCUT2D eigenvalue weighted by Crippen LogP contribution is 2.45. The first-order chi connectivity index (χ1) is 47.9. The summed E-state index contributed by atoms with van der Waals surface area (Å²) in [5, 5.41) is 10.6. The van der Waals surface area contributed by atoms with Crippen LogP contribution in [0, 0.1) is 11.8 Å². The van der Waals surface area contributed by atoms with Crippen LogP contribution in [0.15, 0.2) is 24.3 Å². The highest BCUT2D eigenvalue weighted by Gasteiger charge is 2.30. The molecule has 0 aromatic rings. The lowest BCUT2D eigenvalue weighted by Crippen LogP contribution is -2.30. The maximum atomic E-state index is 13.1. The molecule has 0 saturated heterocycles. The van der Waals surface area contributed by atoms with Gasteiger partial charge in [0.2, 0.25) is 0 Å². The van der Waals surface area contributed by atoms with Crippen LogP contribution in [0.5, 0.6) is 0 Å².